The molecule has 1 saturated heterocycles. The number of halogens is 1. The molecule has 1 fully saturated rings. The molecule has 0 aliphatic carbocycles. The standard InChI is InChI=1S/C17H19N5O2.ClH/c1-10-6-11(7-18)9-21(10)17(24)13-8-19-22-14-5-3-2-4-12(14)16(23)20-15(13)22;/h2-5,8,10-11H,6-7,9,18H2,1H3,(H,20,23);1H. The summed E-state index contributed by atoms with van der Waals surface area (Å²) in [6.07, 6.45) is 2.43. The molecule has 132 valence electrons. The molecule has 1 aliphatic heterocycles. The number of benzene rings is 1. The molecule has 8 heteroatoms. The lowest BCUT2D eigenvalue weighted by atomic mass is 10.1. The van der Waals surface area contributed by atoms with Gasteiger partial charge in [0.05, 0.1) is 17.1 Å². The van der Waals surface area contributed by atoms with Crippen molar-refractivity contribution in [2.24, 2.45) is 11.7 Å². The molecule has 3 N–H and O–H groups in total. The Hall–Kier alpha value is -2.38. The maximum absolute atomic E-state index is 13.0. The van der Waals surface area contributed by atoms with E-state index in [0.717, 1.165) is 6.42 Å². The summed E-state index contributed by atoms with van der Waals surface area (Å²) in [6.45, 7) is 3.24. The highest BCUT2D eigenvalue weighted by molar-refractivity contribution is 6.01. The van der Waals surface area contributed by atoms with Gasteiger partial charge in [-0.3, -0.25) is 9.59 Å². The lowest BCUT2D eigenvalue weighted by molar-refractivity contribution is 0.0745. The number of aromatic amines is 1. The van der Waals surface area contributed by atoms with Gasteiger partial charge in [-0.2, -0.15) is 5.10 Å². The van der Waals surface area contributed by atoms with Crippen molar-refractivity contribution in [3.05, 3.63) is 46.4 Å². The average molecular weight is 362 g/mol. The summed E-state index contributed by atoms with van der Waals surface area (Å²) in [5.74, 6) is 0.213. The van der Waals surface area contributed by atoms with Crippen LogP contribution in [0.1, 0.15) is 23.7 Å². The maximum Gasteiger partial charge on any atom is 0.259 e. The number of amides is 1. The van der Waals surface area contributed by atoms with Crippen LogP contribution < -0.4 is 11.3 Å². The summed E-state index contributed by atoms with van der Waals surface area (Å²) in [5, 5.41) is 4.87. The topological polar surface area (TPSA) is 96.5 Å². The average Bonchev–Trinajstić information content (AvgIpc) is 3.18. The van der Waals surface area contributed by atoms with Crippen molar-refractivity contribution in [3.63, 3.8) is 0 Å². The van der Waals surface area contributed by atoms with Gasteiger partial charge < -0.3 is 15.6 Å². The summed E-state index contributed by atoms with van der Waals surface area (Å²) in [4.78, 5) is 29.9. The number of nitrogens with zero attached hydrogens (tertiary/aromatic N) is 3. The van der Waals surface area contributed by atoms with Gasteiger partial charge in [-0.1, -0.05) is 12.1 Å². The number of hydrogen-bond acceptors (Lipinski definition) is 4. The zero-order valence-corrected chi connectivity index (χ0v) is 14.6. The van der Waals surface area contributed by atoms with Crippen LogP contribution in [0.5, 0.6) is 0 Å². The van der Waals surface area contributed by atoms with E-state index < -0.39 is 0 Å². The lowest BCUT2D eigenvalue weighted by Gasteiger charge is -2.20. The number of carbonyl (C=O) groups is 1. The van der Waals surface area contributed by atoms with E-state index in [1.165, 1.54) is 6.20 Å². The van der Waals surface area contributed by atoms with Gasteiger partial charge in [-0.05, 0) is 37.9 Å². The van der Waals surface area contributed by atoms with Crippen LogP contribution in [0.2, 0.25) is 0 Å². The van der Waals surface area contributed by atoms with Crippen LogP contribution in [0.25, 0.3) is 16.6 Å². The highest BCUT2D eigenvalue weighted by atomic mass is 35.5. The van der Waals surface area contributed by atoms with Crippen LogP contribution >= 0.6 is 12.4 Å². The third kappa shape index (κ3) is 2.69. The van der Waals surface area contributed by atoms with E-state index in [9.17, 15) is 9.59 Å². The molecular formula is C17H20ClN5O2. The molecule has 3 heterocycles. The minimum absolute atomic E-state index is 0. The minimum Gasteiger partial charge on any atom is -0.335 e. The van der Waals surface area contributed by atoms with E-state index >= 15 is 0 Å². The number of nitrogens with one attached hydrogen (secondary N) is 1. The Morgan fingerprint density at radius 1 is 1.40 bits per heavy atom. The first-order chi connectivity index (χ1) is 11.6. The summed E-state index contributed by atoms with van der Waals surface area (Å²) in [5.41, 5.74) is 7.07. The number of rotatable bonds is 2. The smallest absolute Gasteiger partial charge is 0.259 e. The SMILES string of the molecule is CC1CC(CN)CN1C(=O)c1cnn2c1[nH]c(=O)c1ccccc12.Cl. The molecule has 2 unspecified atom stereocenters. The quantitative estimate of drug-likeness (QED) is 0.721. The predicted molar refractivity (Wildman–Crippen MR) is 98.2 cm³/mol. The summed E-state index contributed by atoms with van der Waals surface area (Å²) < 4.78 is 1.62. The van der Waals surface area contributed by atoms with Gasteiger partial charge in [-0.15, -0.1) is 12.4 Å². The summed E-state index contributed by atoms with van der Waals surface area (Å²) in [6, 6.07) is 7.34. The van der Waals surface area contributed by atoms with Crippen molar-refractivity contribution in [1.82, 2.24) is 19.5 Å². The Labute approximate surface area is 150 Å². The first-order valence-corrected chi connectivity index (χ1v) is 8.10. The predicted octanol–water partition coefficient (Wildman–Crippen LogP) is 1.41. The number of likely N-dealkylation sites (tertiary alicyclic amines) is 1. The van der Waals surface area contributed by atoms with E-state index in [0.29, 0.717) is 41.1 Å². The Kier molecular flexibility index (Phi) is 4.53. The Bertz CT molecular complexity index is 996. The van der Waals surface area contributed by atoms with Gasteiger partial charge in [-0.25, -0.2) is 4.52 Å². The normalized spacial score (nSPS) is 20.2. The van der Waals surface area contributed by atoms with Crippen LogP contribution in [-0.4, -0.2) is 44.5 Å². The van der Waals surface area contributed by atoms with Crippen molar-refractivity contribution >= 4 is 34.9 Å². The molecule has 25 heavy (non-hydrogen) atoms. The van der Waals surface area contributed by atoms with Crippen molar-refractivity contribution in [2.75, 3.05) is 13.1 Å². The summed E-state index contributed by atoms with van der Waals surface area (Å²) in [7, 11) is 0. The van der Waals surface area contributed by atoms with E-state index in [-0.39, 0.29) is 29.9 Å². The number of carbonyl (C=O) groups excluding carboxylic acids is 1. The number of para-hydroxylation sites is 1. The maximum atomic E-state index is 13.0. The molecule has 2 aromatic heterocycles. The molecule has 0 spiro atoms. The van der Waals surface area contributed by atoms with Gasteiger partial charge >= 0.3 is 0 Å². The molecule has 0 bridgehead atoms. The second-order valence-corrected chi connectivity index (χ2v) is 6.43. The number of hydrogen-bond donors (Lipinski definition) is 2. The highest BCUT2D eigenvalue weighted by Crippen LogP contribution is 2.25. The first kappa shape index (κ1) is 17.4. The fourth-order valence-corrected chi connectivity index (χ4v) is 3.58. The van der Waals surface area contributed by atoms with Gasteiger partial charge in [0.1, 0.15) is 11.2 Å². The van der Waals surface area contributed by atoms with Crippen molar-refractivity contribution in [1.29, 1.82) is 0 Å². The molecule has 4 rings (SSSR count). The van der Waals surface area contributed by atoms with E-state index in [2.05, 4.69) is 10.1 Å². The molecule has 1 aliphatic rings. The van der Waals surface area contributed by atoms with Crippen LogP contribution in [-0.2, 0) is 0 Å². The minimum atomic E-state index is -0.220. The van der Waals surface area contributed by atoms with Gasteiger partial charge in [0.25, 0.3) is 11.5 Å². The summed E-state index contributed by atoms with van der Waals surface area (Å²) >= 11 is 0. The second kappa shape index (κ2) is 6.50. The number of nitrogens with two attached hydrogens (primary N) is 1. The molecule has 0 saturated carbocycles. The first-order valence-electron chi connectivity index (χ1n) is 8.10. The van der Waals surface area contributed by atoms with E-state index in [1.807, 2.05) is 24.0 Å². The van der Waals surface area contributed by atoms with Gasteiger partial charge in [0, 0.05) is 12.6 Å². The zero-order chi connectivity index (χ0) is 16.8. The van der Waals surface area contributed by atoms with E-state index in [4.69, 9.17) is 5.73 Å². The van der Waals surface area contributed by atoms with Crippen LogP contribution in [0, 0.1) is 5.92 Å². The Morgan fingerprint density at radius 3 is 2.88 bits per heavy atom. The molecule has 7 nitrogen and oxygen atoms in total. The largest absolute Gasteiger partial charge is 0.335 e. The lowest BCUT2D eigenvalue weighted by Crippen LogP contribution is -2.34. The molecule has 0 radical (unpaired) electrons. The number of aromatic nitrogens is 3. The Balaban J connectivity index is 0.00000182. The Morgan fingerprint density at radius 2 is 2.16 bits per heavy atom. The molecule has 3 aromatic rings. The number of fused-ring (bicyclic) bond motifs is 3. The molecule has 1 aromatic carbocycles. The third-order valence-corrected chi connectivity index (χ3v) is 4.86. The van der Waals surface area contributed by atoms with Crippen LogP contribution in [0.4, 0.5) is 0 Å². The van der Waals surface area contributed by atoms with Gasteiger partial charge in [0.15, 0.2) is 0 Å². The van der Waals surface area contributed by atoms with Crippen molar-refractivity contribution in [3.8, 4) is 0 Å². The number of H-pyrrole nitrogens is 1. The monoisotopic (exact) mass is 361 g/mol. The fourth-order valence-electron chi connectivity index (χ4n) is 3.58. The van der Waals surface area contributed by atoms with Crippen molar-refractivity contribution < 1.29 is 4.79 Å². The van der Waals surface area contributed by atoms with Crippen LogP contribution in [0.15, 0.2) is 35.3 Å². The fraction of sp³-hybridized carbons (Fsp3) is 0.353. The molecular weight excluding hydrogens is 342 g/mol. The van der Waals surface area contributed by atoms with Crippen molar-refractivity contribution in [2.45, 2.75) is 19.4 Å². The van der Waals surface area contributed by atoms with E-state index in [1.54, 1.807) is 16.6 Å². The zero-order valence-electron chi connectivity index (χ0n) is 13.8. The van der Waals surface area contributed by atoms with Gasteiger partial charge in [0.2, 0.25) is 0 Å². The highest BCUT2D eigenvalue weighted by Gasteiger charge is 2.33. The molecule has 2 atom stereocenters. The van der Waals surface area contributed by atoms with Crippen LogP contribution in [0.3, 0.4) is 0 Å². The third-order valence-electron chi connectivity index (χ3n) is 4.86. The molecule has 1 amide bonds. The second-order valence-electron chi connectivity index (χ2n) is 6.43.